The summed E-state index contributed by atoms with van der Waals surface area (Å²) in [6, 6.07) is 4.29. The fraction of sp³-hybridized carbons (Fsp3) is 0.348. The van der Waals surface area contributed by atoms with Crippen LogP contribution in [0.15, 0.2) is 54.7 Å². The van der Waals surface area contributed by atoms with Crippen molar-refractivity contribution in [2.45, 2.75) is 46.1 Å². The molecule has 1 aromatic carbocycles. The highest BCUT2D eigenvalue weighted by Gasteiger charge is 2.11. The van der Waals surface area contributed by atoms with Crippen LogP contribution in [0.25, 0.3) is 12.2 Å². The molecule has 0 bridgehead atoms. The summed E-state index contributed by atoms with van der Waals surface area (Å²) in [4.78, 5) is 4.77. The molecule has 0 saturated heterocycles. The summed E-state index contributed by atoms with van der Waals surface area (Å²) in [6.45, 7) is 18.1. The van der Waals surface area contributed by atoms with Crippen LogP contribution in [0.1, 0.15) is 49.8 Å². The van der Waals surface area contributed by atoms with Crippen molar-refractivity contribution in [2.75, 3.05) is 7.05 Å². The number of aliphatic imine (C=N–C) groups is 1. The molecule has 140 valence electrons. The minimum atomic E-state index is 0.186. The van der Waals surface area contributed by atoms with Crippen molar-refractivity contribution in [1.82, 2.24) is 10.6 Å². The normalized spacial score (nSPS) is 12.8. The quantitative estimate of drug-likeness (QED) is 0.319. The third kappa shape index (κ3) is 6.16. The van der Waals surface area contributed by atoms with Gasteiger partial charge in [0.25, 0.3) is 0 Å². The Labute approximate surface area is 159 Å². The number of nitrogens with zero attached hydrogens (tertiary/aromatic N) is 1. The molecule has 0 aliphatic rings. The fourth-order valence-corrected chi connectivity index (χ4v) is 2.80. The smallest absolute Gasteiger partial charge is 0.103 e. The topological polar surface area (TPSA) is 36.4 Å². The molecule has 1 rings (SSSR count). The van der Waals surface area contributed by atoms with Gasteiger partial charge >= 0.3 is 0 Å². The number of hydrogen-bond acceptors (Lipinski definition) is 2. The first-order valence-electron chi connectivity index (χ1n) is 9.20. The van der Waals surface area contributed by atoms with Crippen LogP contribution in [0.2, 0.25) is 0 Å². The highest BCUT2D eigenvalue weighted by molar-refractivity contribution is 5.85. The molecular weight excluding hydrogens is 318 g/mol. The SMILES string of the molecule is C=CCCC(NC)C(=C)NC(C)=Nc1ccc(C=C)c(/C=C\CC)c1C. The van der Waals surface area contributed by atoms with Gasteiger partial charge in [-0.2, -0.15) is 0 Å². The molecule has 1 unspecified atom stereocenters. The third-order valence-electron chi connectivity index (χ3n) is 4.32. The zero-order valence-corrected chi connectivity index (χ0v) is 16.7. The van der Waals surface area contributed by atoms with Gasteiger partial charge in [-0.05, 0) is 62.9 Å². The lowest BCUT2D eigenvalue weighted by Gasteiger charge is -2.20. The van der Waals surface area contributed by atoms with E-state index in [9.17, 15) is 0 Å². The molecule has 3 nitrogen and oxygen atoms in total. The van der Waals surface area contributed by atoms with E-state index in [1.165, 1.54) is 5.56 Å². The number of benzene rings is 1. The number of likely N-dealkylation sites (N-methyl/N-ethyl adjacent to an activating group) is 1. The van der Waals surface area contributed by atoms with Crippen molar-refractivity contribution in [1.29, 1.82) is 0 Å². The molecule has 0 radical (unpaired) electrons. The molecule has 0 saturated carbocycles. The Morgan fingerprint density at radius 2 is 2.04 bits per heavy atom. The van der Waals surface area contributed by atoms with E-state index in [1.807, 2.05) is 32.2 Å². The van der Waals surface area contributed by atoms with Gasteiger partial charge in [0, 0.05) is 11.7 Å². The highest BCUT2D eigenvalue weighted by atomic mass is 15.0. The number of allylic oxidation sites excluding steroid dienone is 2. The average molecular weight is 352 g/mol. The van der Waals surface area contributed by atoms with Crippen LogP contribution in [0.3, 0.4) is 0 Å². The molecule has 0 spiro atoms. The van der Waals surface area contributed by atoms with Gasteiger partial charge in [-0.25, -0.2) is 4.99 Å². The molecule has 26 heavy (non-hydrogen) atoms. The van der Waals surface area contributed by atoms with Gasteiger partial charge in [0.15, 0.2) is 0 Å². The maximum atomic E-state index is 4.77. The zero-order valence-electron chi connectivity index (χ0n) is 16.7. The van der Waals surface area contributed by atoms with Crippen molar-refractivity contribution >= 4 is 23.7 Å². The molecule has 1 atom stereocenters. The first-order valence-corrected chi connectivity index (χ1v) is 9.20. The summed E-state index contributed by atoms with van der Waals surface area (Å²) in [7, 11) is 1.94. The zero-order chi connectivity index (χ0) is 19.5. The van der Waals surface area contributed by atoms with Crippen molar-refractivity contribution in [2.24, 2.45) is 4.99 Å². The van der Waals surface area contributed by atoms with Gasteiger partial charge in [-0.1, -0.05) is 50.5 Å². The fourth-order valence-electron chi connectivity index (χ4n) is 2.80. The van der Waals surface area contributed by atoms with Gasteiger partial charge < -0.3 is 10.6 Å². The first kappa shape index (κ1) is 21.7. The van der Waals surface area contributed by atoms with Crippen LogP contribution >= 0.6 is 0 Å². The van der Waals surface area contributed by atoms with Crippen molar-refractivity contribution in [3.63, 3.8) is 0 Å². The van der Waals surface area contributed by atoms with Crippen molar-refractivity contribution in [3.8, 4) is 0 Å². The summed E-state index contributed by atoms with van der Waals surface area (Å²) in [5, 5.41) is 6.61. The third-order valence-corrected chi connectivity index (χ3v) is 4.32. The van der Waals surface area contributed by atoms with E-state index in [1.54, 1.807) is 0 Å². The minimum Gasteiger partial charge on any atom is -0.347 e. The van der Waals surface area contributed by atoms with Crippen LogP contribution in [-0.4, -0.2) is 18.9 Å². The van der Waals surface area contributed by atoms with Crippen LogP contribution in [-0.2, 0) is 0 Å². The number of amidine groups is 1. The molecule has 3 heteroatoms. The van der Waals surface area contributed by atoms with E-state index in [4.69, 9.17) is 4.99 Å². The molecular formula is C23H33N3. The standard InChI is InChI=1S/C23H33N3/c1-8-11-13-21-17(4)22(16-15-20(21)10-3)26-19(6)25-18(5)23(24-7)14-12-9-2/h9-11,13,15-16,23-24H,2-3,5,8,12,14H2,1,4,6-7H3,(H,25,26)/b13-11-. The van der Waals surface area contributed by atoms with E-state index in [2.05, 4.69) is 62.4 Å². The molecule has 1 aromatic rings. The largest absolute Gasteiger partial charge is 0.347 e. The average Bonchev–Trinajstić information content (AvgIpc) is 2.62. The maximum absolute atomic E-state index is 4.77. The molecule has 0 aromatic heterocycles. The summed E-state index contributed by atoms with van der Waals surface area (Å²) < 4.78 is 0. The van der Waals surface area contributed by atoms with E-state index in [-0.39, 0.29) is 6.04 Å². The molecule has 0 heterocycles. The Kier molecular flexibility index (Phi) is 9.38. The van der Waals surface area contributed by atoms with Gasteiger partial charge in [0.05, 0.1) is 5.69 Å². The van der Waals surface area contributed by atoms with E-state index in [0.717, 1.165) is 47.6 Å². The van der Waals surface area contributed by atoms with E-state index in [0.29, 0.717) is 0 Å². The van der Waals surface area contributed by atoms with Gasteiger partial charge in [0.1, 0.15) is 5.84 Å². The Balaban J connectivity index is 3.04. The van der Waals surface area contributed by atoms with Gasteiger partial charge in [0.2, 0.25) is 0 Å². The number of nitrogens with one attached hydrogen (secondary N) is 2. The Hall–Kier alpha value is -2.39. The molecule has 0 aliphatic carbocycles. The van der Waals surface area contributed by atoms with Gasteiger partial charge in [-0.3, -0.25) is 0 Å². The monoisotopic (exact) mass is 351 g/mol. The number of hydrogen-bond donors (Lipinski definition) is 2. The number of rotatable bonds is 10. The minimum absolute atomic E-state index is 0.186. The predicted octanol–water partition coefficient (Wildman–Crippen LogP) is 5.77. The van der Waals surface area contributed by atoms with Crippen molar-refractivity contribution in [3.05, 3.63) is 66.4 Å². The molecule has 2 N–H and O–H groups in total. The lowest BCUT2D eigenvalue weighted by atomic mass is 9.99. The first-order chi connectivity index (χ1) is 12.5. The summed E-state index contributed by atoms with van der Waals surface area (Å²) in [5.74, 6) is 0.828. The lowest BCUT2D eigenvalue weighted by molar-refractivity contribution is 0.578. The summed E-state index contributed by atoms with van der Waals surface area (Å²) in [5.41, 5.74) is 5.32. The Morgan fingerprint density at radius 1 is 1.31 bits per heavy atom. The molecule has 0 amide bonds. The second-order valence-electron chi connectivity index (χ2n) is 6.28. The lowest BCUT2D eigenvalue weighted by Crippen LogP contribution is -2.35. The Bertz CT molecular complexity index is 696. The van der Waals surface area contributed by atoms with Crippen LogP contribution in [0.4, 0.5) is 5.69 Å². The van der Waals surface area contributed by atoms with E-state index < -0.39 is 0 Å². The Morgan fingerprint density at radius 3 is 2.62 bits per heavy atom. The van der Waals surface area contributed by atoms with Crippen LogP contribution in [0.5, 0.6) is 0 Å². The van der Waals surface area contributed by atoms with Gasteiger partial charge in [-0.15, -0.1) is 6.58 Å². The summed E-state index contributed by atoms with van der Waals surface area (Å²) in [6.07, 6.45) is 11.0. The van der Waals surface area contributed by atoms with Crippen LogP contribution in [0, 0.1) is 6.92 Å². The predicted molar refractivity (Wildman–Crippen MR) is 118 cm³/mol. The molecule has 0 fully saturated rings. The summed E-state index contributed by atoms with van der Waals surface area (Å²) >= 11 is 0. The maximum Gasteiger partial charge on any atom is 0.103 e. The van der Waals surface area contributed by atoms with Crippen LogP contribution < -0.4 is 10.6 Å². The molecule has 0 aliphatic heterocycles. The van der Waals surface area contributed by atoms with E-state index >= 15 is 0 Å². The van der Waals surface area contributed by atoms with Crippen molar-refractivity contribution < 1.29 is 0 Å². The second kappa shape index (κ2) is 11.3. The second-order valence-corrected chi connectivity index (χ2v) is 6.28. The highest BCUT2D eigenvalue weighted by Crippen LogP contribution is 2.27.